The average molecular weight is 150 g/mol. The van der Waals surface area contributed by atoms with Gasteiger partial charge in [-0.25, -0.2) is 0 Å². The fourth-order valence-corrected chi connectivity index (χ4v) is 1.89. The van der Waals surface area contributed by atoms with Crippen LogP contribution in [0.1, 0.15) is 39.5 Å². The number of Topliss-reactive ketones (excluding diaryl/α,β-unsaturated/α-hetero) is 1. The fraction of sp³-hybridized carbons (Fsp3) is 0.700. The molecule has 0 aromatic heterocycles. The molecule has 2 rings (SSSR count). The number of hydrogen-bond acceptors (Lipinski definition) is 1. The fourth-order valence-electron chi connectivity index (χ4n) is 1.89. The molecule has 0 N–H and O–H groups in total. The molecule has 60 valence electrons. The Morgan fingerprint density at radius 3 is 2.09 bits per heavy atom. The summed E-state index contributed by atoms with van der Waals surface area (Å²) < 4.78 is 0. The van der Waals surface area contributed by atoms with Gasteiger partial charge in [0.15, 0.2) is 0 Å². The van der Waals surface area contributed by atoms with E-state index in [9.17, 15) is 4.79 Å². The second kappa shape index (κ2) is 1.96. The van der Waals surface area contributed by atoms with Crippen molar-refractivity contribution in [1.29, 1.82) is 0 Å². The molecule has 2 saturated carbocycles. The summed E-state index contributed by atoms with van der Waals surface area (Å²) in [7, 11) is 0. The molecule has 0 atom stereocenters. The summed E-state index contributed by atoms with van der Waals surface area (Å²) in [5.74, 6) is 0.384. The molecule has 2 aliphatic carbocycles. The third-order valence-corrected chi connectivity index (χ3v) is 3.17. The highest BCUT2D eigenvalue weighted by Crippen LogP contribution is 2.56. The molecule has 0 amide bonds. The van der Waals surface area contributed by atoms with Crippen LogP contribution in [0.15, 0.2) is 11.1 Å². The van der Waals surface area contributed by atoms with Crippen molar-refractivity contribution in [3.05, 3.63) is 11.1 Å². The Morgan fingerprint density at radius 2 is 1.82 bits per heavy atom. The Balaban J connectivity index is 2.27. The van der Waals surface area contributed by atoms with E-state index in [2.05, 4.69) is 6.92 Å². The standard InChI is InChI=1S/C10H14O/c1-7(9-3-4-9)10(5-6-10)8(2)11/h3-6H2,1-2H3. The highest BCUT2D eigenvalue weighted by atomic mass is 16.1. The maximum atomic E-state index is 11.3. The van der Waals surface area contributed by atoms with E-state index < -0.39 is 0 Å². The van der Waals surface area contributed by atoms with Crippen LogP contribution in [0.4, 0.5) is 0 Å². The molecule has 2 aliphatic rings. The van der Waals surface area contributed by atoms with E-state index in [1.807, 2.05) is 0 Å². The predicted octanol–water partition coefficient (Wildman–Crippen LogP) is 2.47. The quantitative estimate of drug-likeness (QED) is 0.553. The number of hydrogen-bond donors (Lipinski definition) is 0. The molecule has 1 heteroatoms. The van der Waals surface area contributed by atoms with Gasteiger partial charge < -0.3 is 0 Å². The molecule has 11 heavy (non-hydrogen) atoms. The van der Waals surface area contributed by atoms with Crippen molar-refractivity contribution in [3.8, 4) is 0 Å². The molecule has 1 nitrogen and oxygen atoms in total. The number of ketones is 1. The first-order valence-electron chi connectivity index (χ1n) is 4.37. The lowest BCUT2D eigenvalue weighted by molar-refractivity contribution is -0.120. The second-order valence-corrected chi connectivity index (χ2v) is 3.87. The van der Waals surface area contributed by atoms with Crippen molar-refractivity contribution in [3.63, 3.8) is 0 Å². The Hall–Kier alpha value is -0.590. The summed E-state index contributed by atoms with van der Waals surface area (Å²) in [6, 6.07) is 0. The van der Waals surface area contributed by atoms with Crippen LogP contribution in [-0.4, -0.2) is 5.78 Å². The largest absolute Gasteiger partial charge is 0.299 e. The second-order valence-electron chi connectivity index (χ2n) is 3.87. The van der Waals surface area contributed by atoms with Crippen LogP contribution in [0.5, 0.6) is 0 Å². The topological polar surface area (TPSA) is 17.1 Å². The Bertz CT molecular complexity index is 238. The Morgan fingerprint density at radius 1 is 1.27 bits per heavy atom. The van der Waals surface area contributed by atoms with Crippen molar-refractivity contribution in [2.75, 3.05) is 0 Å². The predicted molar refractivity (Wildman–Crippen MR) is 44.3 cm³/mol. The van der Waals surface area contributed by atoms with Crippen molar-refractivity contribution in [1.82, 2.24) is 0 Å². The van der Waals surface area contributed by atoms with Gasteiger partial charge in [0, 0.05) is 5.41 Å². The van der Waals surface area contributed by atoms with Crippen LogP contribution < -0.4 is 0 Å². The molecular weight excluding hydrogens is 136 g/mol. The van der Waals surface area contributed by atoms with E-state index in [0.717, 1.165) is 12.8 Å². The first-order valence-corrected chi connectivity index (χ1v) is 4.37. The molecule has 0 unspecified atom stereocenters. The van der Waals surface area contributed by atoms with Gasteiger partial charge in [-0.1, -0.05) is 11.1 Å². The van der Waals surface area contributed by atoms with Gasteiger partial charge >= 0.3 is 0 Å². The molecular formula is C10H14O. The van der Waals surface area contributed by atoms with Crippen LogP contribution in [0.25, 0.3) is 0 Å². The maximum Gasteiger partial charge on any atom is 0.139 e. The highest BCUT2D eigenvalue weighted by Gasteiger charge is 2.50. The third-order valence-electron chi connectivity index (χ3n) is 3.17. The van der Waals surface area contributed by atoms with Crippen molar-refractivity contribution in [2.45, 2.75) is 39.5 Å². The zero-order valence-electron chi connectivity index (χ0n) is 7.24. The van der Waals surface area contributed by atoms with E-state index in [0.29, 0.717) is 5.78 Å². The lowest BCUT2D eigenvalue weighted by Gasteiger charge is -2.10. The molecule has 0 radical (unpaired) electrons. The zero-order valence-corrected chi connectivity index (χ0v) is 7.24. The van der Waals surface area contributed by atoms with Crippen LogP contribution in [0.3, 0.4) is 0 Å². The highest BCUT2D eigenvalue weighted by molar-refractivity contribution is 5.88. The molecule has 0 aliphatic heterocycles. The molecule has 0 bridgehead atoms. The van der Waals surface area contributed by atoms with E-state index in [1.54, 1.807) is 12.5 Å². The average Bonchev–Trinajstić information content (AvgIpc) is 2.84. The van der Waals surface area contributed by atoms with E-state index in [-0.39, 0.29) is 5.41 Å². The summed E-state index contributed by atoms with van der Waals surface area (Å²) >= 11 is 0. The van der Waals surface area contributed by atoms with E-state index in [4.69, 9.17) is 0 Å². The van der Waals surface area contributed by atoms with Gasteiger partial charge in [-0.3, -0.25) is 4.79 Å². The summed E-state index contributed by atoms with van der Waals surface area (Å²) in [5.41, 5.74) is 2.99. The van der Waals surface area contributed by atoms with Gasteiger partial charge in [0.2, 0.25) is 0 Å². The monoisotopic (exact) mass is 150 g/mol. The normalized spacial score (nSPS) is 24.7. The lowest BCUT2D eigenvalue weighted by atomic mass is 9.92. The van der Waals surface area contributed by atoms with Crippen molar-refractivity contribution < 1.29 is 4.79 Å². The number of allylic oxidation sites excluding steroid dienone is 2. The Labute approximate surface area is 67.5 Å². The Kier molecular flexibility index (Phi) is 1.26. The zero-order chi connectivity index (χ0) is 8.06. The van der Waals surface area contributed by atoms with Crippen LogP contribution in [0.2, 0.25) is 0 Å². The SMILES string of the molecule is CC(=O)C1(C(C)=C2CC2)CC1. The number of rotatable bonds is 2. The summed E-state index contributed by atoms with van der Waals surface area (Å²) in [6.07, 6.45) is 4.72. The van der Waals surface area contributed by atoms with Gasteiger partial charge in [-0.05, 0) is 39.5 Å². The minimum atomic E-state index is 0.0336. The third kappa shape index (κ3) is 0.943. The van der Waals surface area contributed by atoms with Crippen LogP contribution in [-0.2, 0) is 4.79 Å². The molecule has 2 fully saturated rings. The van der Waals surface area contributed by atoms with Gasteiger partial charge in [0.05, 0.1) is 0 Å². The number of carbonyl (C=O) groups excluding carboxylic acids is 1. The van der Waals surface area contributed by atoms with Gasteiger partial charge in [0.25, 0.3) is 0 Å². The summed E-state index contributed by atoms with van der Waals surface area (Å²) in [5, 5.41) is 0. The first-order chi connectivity index (χ1) is 5.17. The van der Waals surface area contributed by atoms with Gasteiger partial charge in [0.1, 0.15) is 5.78 Å². The minimum absolute atomic E-state index is 0.0336. The molecule has 0 aromatic rings. The van der Waals surface area contributed by atoms with Crippen molar-refractivity contribution in [2.24, 2.45) is 5.41 Å². The van der Waals surface area contributed by atoms with Crippen LogP contribution in [0, 0.1) is 5.41 Å². The summed E-state index contributed by atoms with van der Waals surface area (Å²) in [6.45, 7) is 3.89. The molecule has 0 heterocycles. The smallest absolute Gasteiger partial charge is 0.139 e. The lowest BCUT2D eigenvalue weighted by Crippen LogP contribution is -2.13. The maximum absolute atomic E-state index is 11.3. The molecule has 0 spiro atoms. The first kappa shape index (κ1) is 7.08. The molecule has 0 saturated heterocycles. The van der Waals surface area contributed by atoms with E-state index in [1.165, 1.54) is 18.4 Å². The molecule has 0 aromatic carbocycles. The van der Waals surface area contributed by atoms with Gasteiger partial charge in [-0.15, -0.1) is 0 Å². The van der Waals surface area contributed by atoms with Crippen LogP contribution >= 0.6 is 0 Å². The van der Waals surface area contributed by atoms with Crippen molar-refractivity contribution >= 4 is 5.78 Å². The number of carbonyl (C=O) groups is 1. The minimum Gasteiger partial charge on any atom is -0.299 e. The van der Waals surface area contributed by atoms with E-state index >= 15 is 0 Å². The summed E-state index contributed by atoms with van der Waals surface area (Å²) in [4.78, 5) is 11.3. The van der Waals surface area contributed by atoms with Gasteiger partial charge in [-0.2, -0.15) is 0 Å².